The van der Waals surface area contributed by atoms with Crippen LogP contribution >= 0.6 is 0 Å². The molecule has 3 heterocycles. The zero-order valence-corrected chi connectivity index (χ0v) is 21.4. The van der Waals surface area contributed by atoms with Crippen LogP contribution in [0.1, 0.15) is 38.2 Å². The summed E-state index contributed by atoms with van der Waals surface area (Å²) >= 11 is 0. The maximum absolute atomic E-state index is 15.4. The van der Waals surface area contributed by atoms with Gasteiger partial charge < -0.3 is 23.6 Å². The first-order chi connectivity index (χ1) is 16.2. The molecule has 1 N–H and O–H groups in total. The van der Waals surface area contributed by atoms with Crippen molar-refractivity contribution < 1.29 is 28.3 Å². The highest BCUT2D eigenvalue weighted by atomic mass is 28.4. The first-order valence-electron chi connectivity index (χ1n) is 12.5. The van der Waals surface area contributed by atoms with Crippen LogP contribution in [0.25, 0.3) is 0 Å². The number of hydrogen-bond acceptors (Lipinski definition) is 5. The molecule has 34 heavy (non-hydrogen) atoms. The van der Waals surface area contributed by atoms with Crippen molar-refractivity contribution in [2.45, 2.75) is 75.9 Å². The topological polar surface area (TPSA) is 79.3 Å². The lowest BCUT2D eigenvalue weighted by molar-refractivity contribution is -0.135. The fourth-order valence-corrected chi connectivity index (χ4v) is 8.58. The van der Waals surface area contributed by atoms with Crippen molar-refractivity contribution in [3.8, 4) is 0 Å². The predicted molar refractivity (Wildman–Crippen MR) is 130 cm³/mol. The van der Waals surface area contributed by atoms with Gasteiger partial charge in [0.1, 0.15) is 6.61 Å². The zero-order valence-electron chi connectivity index (χ0n) is 20.4. The van der Waals surface area contributed by atoms with Gasteiger partial charge in [-0.2, -0.15) is 0 Å². The number of aryl methyl sites for hydroxylation is 1. The average molecular weight is 493 g/mol. The molecule has 3 aliphatic rings. The molecule has 3 aliphatic heterocycles. The Kier molecular flexibility index (Phi) is 7.64. The standard InChI is InChI=1S/C25H37FN2O5Si/c1-17-21(10-9-18-6-4-7-19(14-18)28-12-13-32-25(28)31)33-22(24(17)34(2,3)26)15-23(30)27-11-5-8-20(27)16-29/h4,6-7,14,17,20-22,24,29H,5,8-13,15-16H2,1-3H3/t17-,20-,21+,22-,24+/m0/s1. The molecule has 0 bridgehead atoms. The molecule has 0 aromatic heterocycles. The van der Waals surface area contributed by atoms with E-state index in [1.54, 1.807) is 22.9 Å². The molecule has 9 heteroatoms. The van der Waals surface area contributed by atoms with Crippen molar-refractivity contribution in [1.82, 2.24) is 4.90 Å². The molecule has 0 radical (unpaired) electrons. The van der Waals surface area contributed by atoms with Gasteiger partial charge in [0, 0.05) is 17.8 Å². The first-order valence-corrected chi connectivity index (χ1v) is 15.4. The van der Waals surface area contributed by atoms with Gasteiger partial charge in [-0.25, -0.2) is 4.79 Å². The Labute approximate surface area is 202 Å². The normalized spacial score (nSPS) is 29.7. The van der Waals surface area contributed by atoms with Gasteiger partial charge in [0.25, 0.3) is 0 Å². The minimum Gasteiger partial charge on any atom is -0.447 e. The van der Waals surface area contributed by atoms with Gasteiger partial charge in [-0.05, 0) is 62.4 Å². The quantitative estimate of drug-likeness (QED) is 0.440. The number of halogens is 1. The van der Waals surface area contributed by atoms with Crippen LogP contribution in [0.15, 0.2) is 24.3 Å². The number of aliphatic hydroxyl groups excluding tert-OH is 1. The minimum absolute atomic E-state index is 0.0217. The lowest BCUT2D eigenvalue weighted by Crippen LogP contribution is -2.42. The van der Waals surface area contributed by atoms with Gasteiger partial charge in [0.05, 0.1) is 37.8 Å². The summed E-state index contributed by atoms with van der Waals surface area (Å²) < 4.78 is 26.8. The van der Waals surface area contributed by atoms with Gasteiger partial charge in [-0.1, -0.05) is 19.1 Å². The van der Waals surface area contributed by atoms with Gasteiger partial charge in [-0.3, -0.25) is 9.69 Å². The molecule has 7 nitrogen and oxygen atoms in total. The number of carbonyl (C=O) groups is 2. The molecule has 1 aromatic rings. The van der Waals surface area contributed by atoms with Crippen molar-refractivity contribution in [1.29, 1.82) is 0 Å². The molecule has 4 rings (SSSR count). The van der Waals surface area contributed by atoms with Crippen molar-refractivity contribution in [3.63, 3.8) is 0 Å². The molecule has 5 atom stereocenters. The number of nitrogens with zero attached hydrogens (tertiary/aromatic N) is 2. The van der Waals surface area contributed by atoms with Crippen LogP contribution in [-0.2, 0) is 20.7 Å². The van der Waals surface area contributed by atoms with E-state index in [0.29, 0.717) is 19.7 Å². The lowest BCUT2D eigenvalue weighted by Gasteiger charge is -2.30. The van der Waals surface area contributed by atoms with Crippen molar-refractivity contribution >= 4 is 26.1 Å². The largest absolute Gasteiger partial charge is 0.447 e. The van der Waals surface area contributed by atoms with E-state index in [-0.39, 0.29) is 48.6 Å². The van der Waals surface area contributed by atoms with E-state index in [0.717, 1.165) is 36.9 Å². The van der Waals surface area contributed by atoms with Crippen LogP contribution < -0.4 is 4.90 Å². The van der Waals surface area contributed by atoms with Crippen LogP contribution in [0, 0.1) is 5.92 Å². The van der Waals surface area contributed by atoms with Crippen LogP contribution in [0.5, 0.6) is 0 Å². The van der Waals surface area contributed by atoms with Crippen LogP contribution in [0.2, 0.25) is 18.6 Å². The van der Waals surface area contributed by atoms with Crippen molar-refractivity contribution in [2.75, 3.05) is 31.2 Å². The smallest absolute Gasteiger partial charge is 0.414 e. The van der Waals surface area contributed by atoms with Crippen molar-refractivity contribution in [3.05, 3.63) is 29.8 Å². The third-order valence-corrected chi connectivity index (χ3v) is 10.2. The summed E-state index contributed by atoms with van der Waals surface area (Å²) in [6.45, 7) is 7.04. The average Bonchev–Trinajstić information content (AvgIpc) is 3.50. The number of likely N-dealkylation sites (tertiary alicyclic amines) is 1. The summed E-state index contributed by atoms with van der Waals surface area (Å²) in [5.41, 5.74) is 1.66. The number of benzene rings is 1. The molecular formula is C25H37FN2O5Si. The SMILES string of the molecule is C[C@@H]1[C@@H]([Si](C)(C)F)[C@H](CC(=O)N2CCC[C@H]2CO)O[C@@H]1CCc1cccc(N2CCOC2=O)c1. The first kappa shape index (κ1) is 25.1. The Morgan fingerprint density at radius 1 is 1.26 bits per heavy atom. The van der Waals surface area contributed by atoms with Crippen LogP contribution in [0.3, 0.4) is 0 Å². The van der Waals surface area contributed by atoms with Crippen LogP contribution in [-0.4, -0.2) is 75.0 Å². The monoisotopic (exact) mass is 492 g/mol. The second kappa shape index (κ2) is 10.3. The van der Waals surface area contributed by atoms with E-state index in [9.17, 15) is 14.7 Å². The summed E-state index contributed by atoms with van der Waals surface area (Å²) in [6, 6.07) is 7.74. The lowest BCUT2D eigenvalue weighted by atomic mass is 9.95. The summed E-state index contributed by atoms with van der Waals surface area (Å²) in [5, 5.41) is 9.59. The number of ether oxygens (including phenoxy) is 2. The molecule has 2 amide bonds. The number of cyclic esters (lactones) is 1. The number of amides is 2. The van der Waals surface area contributed by atoms with E-state index in [1.165, 1.54) is 0 Å². The second-order valence-corrected chi connectivity index (χ2v) is 14.2. The fraction of sp³-hybridized carbons (Fsp3) is 0.680. The number of aliphatic hydroxyl groups is 1. The second-order valence-electron chi connectivity index (χ2n) is 10.4. The molecule has 1 aromatic carbocycles. The fourth-order valence-electron chi connectivity index (χ4n) is 6.04. The van der Waals surface area contributed by atoms with Crippen molar-refractivity contribution in [2.24, 2.45) is 5.92 Å². The third-order valence-electron chi connectivity index (χ3n) is 7.68. The highest BCUT2D eigenvalue weighted by Crippen LogP contribution is 2.47. The molecule has 0 saturated carbocycles. The molecule has 188 valence electrons. The third kappa shape index (κ3) is 5.31. The van der Waals surface area contributed by atoms with E-state index in [4.69, 9.17) is 9.47 Å². The maximum Gasteiger partial charge on any atom is 0.414 e. The Bertz CT molecular complexity index is 894. The van der Waals surface area contributed by atoms with Crippen LogP contribution in [0.4, 0.5) is 14.6 Å². The Hall–Kier alpha value is -1.97. The van der Waals surface area contributed by atoms with Gasteiger partial charge >= 0.3 is 6.09 Å². The Morgan fingerprint density at radius 2 is 2.06 bits per heavy atom. The van der Waals surface area contributed by atoms with E-state index >= 15 is 4.11 Å². The zero-order chi connectivity index (χ0) is 24.5. The molecule has 0 aliphatic carbocycles. The van der Waals surface area contributed by atoms with Gasteiger partial charge in [0.15, 0.2) is 0 Å². The molecular weight excluding hydrogens is 455 g/mol. The Morgan fingerprint density at radius 3 is 2.74 bits per heavy atom. The summed E-state index contributed by atoms with van der Waals surface area (Å²) in [5.74, 6) is -0.0173. The van der Waals surface area contributed by atoms with E-state index < -0.39 is 14.5 Å². The number of hydrogen-bond donors (Lipinski definition) is 1. The molecule has 0 unspecified atom stereocenters. The van der Waals surface area contributed by atoms with Gasteiger partial charge in [0.2, 0.25) is 14.3 Å². The van der Waals surface area contributed by atoms with E-state index in [1.807, 2.05) is 24.3 Å². The number of rotatable bonds is 8. The molecule has 3 fully saturated rings. The Balaban J connectivity index is 1.41. The highest BCUT2D eigenvalue weighted by Gasteiger charge is 2.52. The number of carbonyl (C=O) groups excluding carboxylic acids is 2. The summed E-state index contributed by atoms with van der Waals surface area (Å²) in [7, 11) is -3.07. The summed E-state index contributed by atoms with van der Waals surface area (Å²) in [4.78, 5) is 28.3. The molecule has 3 saturated heterocycles. The van der Waals surface area contributed by atoms with E-state index in [2.05, 4.69) is 6.92 Å². The predicted octanol–water partition coefficient (Wildman–Crippen LogP) is 3.90. The number of anilines is 1. The maximum atomic E-state index is 15.4. The molecule has 0 spiro atoms. The highest BCUT2D eigenvalue weighted by molar-refractivity contribution is 6.72. The van der Waals surface area contributed by atoms with Gasteiger partial charge in [-0.15, -0.1) is 0 Å². The summed E-state index contributed by atoms with van der Waals surface area (Å²) in [6.07, 6.45) is 2.47. The minimum atomic E-state index is -3.07.